The van der Waals surface area contributed by atoms with Crippen molar-refractivity contribution in [2.24, 2.45) is 0 Å². The van der Waals surface area contributed by atoms with E-state index in [0.29, 0.717) is 10.8 Å². The number of aromatic nitrogens is 1. The molecule has 0 fully saturated rings. The Labute approximate surface area is 101 Å². The van der Waals surface area contributed by atoms with E-state index in [-0.39, 0.29) is 0 Å². The van der Waals surface area contributed by atoms with E-state index in [2.05, 4.69) is 43.4 Å². The zero-order valence-electron chi connectivity index (χ0n) is 9.91. The highest BCUT2D eigenvalue weighted by molar-refractivity contribution is 8.00. The average molecular weight is 244 g/mol. The van der Waals surface area contributed by atoms with E-state index in [0.717, 1.165) is 18.0 Å². The monoisotopic (exact) mass is 244 g/mol. The van der Waals surface area contributed by atoms with Gasteiger partial charge in [-0.05, 0) is 6.92 Å². The quantitative estimate of drug-likeness (QED) is 0.861. The van der Waals surface area contributed by atoms with Gasteiger partial charge >= 0.3 is 0 Å². The number of thioether (sulfide) groups is 1. The summed E-state index contributed by atoms with van der Waals surface area (Å²) in [5, 5.41) is 5.57. The Morgan fingerprint density at radius 3 is 2.80 bits per heavy atom. The third kappa shape index (κ3) is 6.17. The fourth-order valence-electron chi connectivity index (χ4n) is 1.04. The molecule has 1 atom stereocenters. The molecule has 0 amide bonds. The van der Waals surface area contributed by atoms with Crippen LogP contribution in [-0.4, -0.2) is 21.5 Å². The molecule has 1 rings (SSSR count). The van der Waals surface area contributed by atoms with Crippen LogP contribution in [0, 0.1) is 0 Å². The molecule has 0 aliphatic heterocycles. The van der Waals surface area contributed by atoms with Crippen LogP contribution >= 0.6 is 23.1 Å². The third-order valence-electron chi connectivity index (χ3n) is 1.88. The molecule has 15 heavy (non-hydrogen) atoms. The molecule has 0 bridgehead atoms. The van der Waals surface area contributed by atoms with Crippen LogP contribution < -0.4 is 5.32 Å². The molecule has 0 saturated heterocycles. The predicted molar refractivity (Wildman–Crippen MR) is 70.6 cm³/mol. The molecule has 0 aromatic carbocycles. The van der Waals surface area contributed by atoms with Gasteiger partial charge in [-0.25, -0.2) is 4.98 Å². The van der Waals surface area contributed by atoms with Crippen LogP contribution in [0.5, 0.6) is 0 Å². The maximum Gasteiger partial charge on any atom is 0.0795 e. The molecule has 2 nitrogen and oxygen atoms in total. The topological polar surface area (TPSA) is 24.9 Å². The minimum absolute atomic E-state index is 0.358. The maximum atomic E-state index is 4.25. The molecule has 4 heteroatoms. The summed E-state index contributed by atoms with van der Waals surface area (Å²) in [5.41, 5.74) is 3.03. The first-order chi connectivity index (χ1) is 6.97. The summed E-state index contributed by atoms with van der Waals surface area (Å²) in [6.07, 6.45) is 0. The van der Waals surface area contributed by atoms with E-state index in [1.54, 1.807) is 11.3 Å². The van der Waals surface area contributed by atoms with E-state index in [1.807, 2.05) is 17.3 Å². The molecule has 0 aliphatic rings. The lowest BCUT2D eigenvalue weighted by Gasteiger charge is -2.21. The van der Waals surface area contributed by atoms with Crippen molar-refractivity contribution >= 4 is 23.1 Å². The van der Waals surface area contributed by atoms with Crippen LogP contribution in [0.25, 0.3) is 0 Å². The molecule has 86 valence electrons. The molecule has 1 heterocycles. The number of thiazole rings is 1. The van der Waals surface area contributed by atoms with Crippen molar-refractivity contribution in [1.29, 1.82) is 0 Å². The van der Waals surface area contributed by atoms with Crippen molar-refractivity contribution in [2.75, 3.05) is 5.75 Å². The van der Waals surface area contributed by atoms with E-state index in [4.69, 9.17) is 0 Å². The smallest absolute Gasteiger partial charge is 0.0795 e. The Morgan fingerprint density at radius 2 is 2.27 bits per heavy atom. The number of hydrogen-bond acceptors (Lipinski definition) is 4. The van der Waals surface area contributed by atoms with Crippen LogP contribution in [0.3, 0.4) is 0 Å². The third-order valence-corrected chi connectivity index (χ3v) is 4.05. The molecular weight excluding hydrogens is 224 g/mol. The van der Waals surface area contributed by atoms with Gasteiger partial charge in [-0.15, -0.1) is 11.3 Å². The lowest BCUT2D eigenvalue weighted by Crippen LogP contribution is -2.29. The first-order valence-electron chi connectivity index (χ1n) is 5.22. The van der Waals surface area contributed by atoms with Gasteiger partial charge < -0.3 is 5.32 Å². The van der Waals surface area contributed by atoms with Crippen molar-refractivity contribution in [3.8, 4) is 0 Å². The van der Waals surface area contributed by atoms with Crippen molar-refractivity contribution in [3.63, 3.8) is 0 Å². The minimum atomic E-state index is 0.358. The minimum Gasteiger partial charge on any atom is -0.308 e. The van der Waals surface area contributed by atoms with Gasteiger partial charge in [0.2, 0.25) is 0 Å². The van der Waals surface area contributed by atoms with E-state index in [9.17, 15) is 0 Å². The fourth-order valence-corrected chi connectivity index (χ4v) is 2.46. The highest BCUT2D eigenvalue weighted by atomic mass is 32.2. The Morgan fingerprint density at radius 1 is 1.53 bits per heavy atom. The van der Waals surface area contributed by atoms with Crippen molar-refractivity contribution < 1.29 is 0 Å². The summed E-state index contributed by atoms with van der Waals surface area (Å²) >= 11 is 3.65. The van der Waals surface area contributed by atoms with Gasteiger partial charge in [0.25, 0.3) is 0 Å². The van der Waals surface area contributed by atoms with E-state index < -0.39 is 0 Å². The van der Waals surface area contributed by atoms with Crippen molar-refractivity contribution in [1.82, 2.24) is 10.3 Å². The molecule has 0 aliphatic carbocycles. The highest BCUT2D eigenvalue weighted by Gasteiger charge is 2.12. The van der Waals surface area contributed by atoms with Gasteiger partial charge in [-0.1, -0.05) is 20.8 Å². The van der Waals surface area contributed by atoms with Gasteiger partial charge in [0.1, 0.15) is 0 Å². The summed E-state index contributed by atoms with van der Waals surface area (Å²) in [7, 11) is 0. The Kier molecular flexibility index (Phi) is 5.09. The maximum absolute atomic E-state index is 4.25. The number of hydrogen-bond donors (Lipinski definition) is 1. The van der Waals surface area contributed by atoms with Crippen LogP contribution in [0.15, 0.2) is 10.9 Å². The molecule has 1 aromatic rings. The number of nitrogens with one attached hydrogen (secondary N) is 1. The van der Waals surface area contributed by atoms with E-state index >= 15 is 0 Å². The molecule has 0 radical (unpaired) electrons. The second-order valence-corrected chi connectivity index (χ2v) is 7.25. The lowest BCUT2D eigenvalue weighted by atomic mass is 10.3. The highest BCUT2D eigenvalue weighted by Crippen LogP contribution is 2.23. The molecule has 1 aromatic heterocycles. The summed E-state index contributed by atoms with van der Waals surface area (Å²) < 4.78 is 0.358. The van der Waals surface area contributed by atoms with Gasteiger partial charge in [-0.3, -0.25) is 0 Å². The second kappa shape index (κ2) is 5.87. The normalized spacial score (nSPS) is 14.1. The fraction of sp³-hybridized carbons (Fsp3) is 0.727. The molecular formula is C11H20N2S2. The zero-order valence-corrected chi connectivity index (χ0v) is 11.5. The molecule has 0 spiro atoms. The number of nitrogens with zero attached hydrogens (tertiary/aromatic N) is 1. The average Bonchev–Trinajstić information content (AvgIpc) is 2.62. The molecule has 0 unspecified atom stereocenters. The van der Waals surface area contributed by atoms with Gasteiger partial charge in [0, 0.05) is 28.5 Å². The van der Waals surface area contributed by atoms with Crippen molar-refractivity contribution in [2.45, 2.75) is 45.0 Å². The second-order valence-electron chi connectivity index (χ2n) is 4.69. The Bertz CT molecular complexity index is 265. The van der Waals surface area contributed by atoms with Gasteiger partial charge in [-0.2, -0.15) is 11.8 Å². The van der Waals surface area contributed by atoms with Gasteiger partial charge in [0.15, 0.2) is 0 Å². The summed E-state index contributed by atoms with van der Waals surface area (Å²) in [5.74, 6) is 1.15. The predicted octanol–water partition coefficient (Wildman–Crippen LogP) is 3.15. The van der Waals surface area contributed by atoms with Crippen LogP contribution in [0.2, 0.25) is 0 Å². The number of rotatable bonds is 5. The SMILES string of the molecule is C[C@@H](CSC(C)(C)C)NCc1cscn1. The van der Waals surface area contributed by atoms with Crippen LogP contribution in [0.4, 0.5) is 0 Å². The van der Waals surface area contributed by atoms with Crippen LogP contribution in [0.1, 0.15) is 33.4 Å². The Hall–Kier alpha value is -0.0600. The zero-order chi connectivity index (χ0) is 11.3. The lowest BCUT2D eigenvalue weighted by molar-refractivity contribution is 0.587. The molecule has 1 N–H and O–H groups in total. The largest absolute Gasteiger partial charge is 0.308 e. The molecule has 0 saturated carbocycles. The summed E-state index contributed by atoms with van der Waals surface area (Å²) in [6.45, 7) is 9.88. The van der Waals surface area contributed by atoms with Crippen molar-refractivity contribution in [3.05, 3.63) is 16.6 Å². The first-order valence-corrected chi connectivity index (χ1v) is 7.14. The Balaban J connectivity index is 2.16. The first kappa shape index (κ1) is 13.0. The van der Waals surface area contributed by atoms with E-state index in [1.165, 1.54) is 0 Å². The standard InChI is InChI=1S/C11H20N2S2/c1-9(6-15-11(2,3)4)12-5-10-7-14-8-13-10/h7-9,12H,5-6H2,1-4H3/t9-/m0/s1. The van der Waals surface area contributed by atoms with Gasteiger partial charge in [0.05, 0.1) is 11.2 Å². The van der Waals surface area contributed by atoms with Crippen LogP contribution in [-0.2, 0) is 6.54 Å². The summed E-state index contributed by atoms with van der Waals surface area (Å²) in [6, 6.07) is 0.538. The summed E-state index contributed by atoms with van der Waals surface area (Å²) in [4.78, 5) is 4.25.